The van der Waals surface area contributed by atoms with Crippen LogP contribution in [-0.2, 0) is 6.67 Å². The Morgan fingerprint density at radius 2 is 2.17 bits per heavy atom. The molecule has 4 heteroatoms. The van der Waals surface area contributed by atoms with Gasteiger partial charge >= 0.3 is 5.97 Å². The molecule has 0 aliphatic carbocycles. The van der Waals surface area contributed by atoms with Gasteiger partial charge in [-0.15, -0.1) is 0 Å². The van der Waals surface area contributed by atoms with Crippen LogP contribution in [0.1, 0.15) is 15.9 Å². The molecule has 0 bridgehead atoms. The molecule has 0 saturated carbocycles. The van der Waals surface area contributed by atoms with Gasteiger partial charge in [-0.3, -0.25) is 0 Å². The van der Waals surface area contributed by atoms with E-state index in [1.54, 1.807) is 0 Å². The van der Waals surface area contributed by atoms with E-state index in [1.165, 1.54) is 12.1 Å². The van der Waals surface area contributed by atoms with Gasteiger partial charge in [-0.25, -0.2) is 9.18 Å². The van der Waals surface area contributed by atoms with E-state index in [9.17, 15) is 9.18 Å². The van der Waals surface area contributed by atoms with Crippen LogP contribution in [0.25, 0.3) is 0 Å². The number of halogens is 1. The fraction of sp³-hybridized carbons (Fsp3) is 0.125. The van der Waals surface area contributed by atoms with Gasteiger partial charge in [0.1, 0.15) is 18.0 Å². The number of rotatable bonds is 2. The summed E-state index contributed by atoms with van der Waals surface area (Å²) in [5, 5.41) is 17.5. The molecule has 1 aromatic carbocycles. The van der Waals surface area contributed by atoms with Crippen molar-refractivity contribution in [2.45, 2.75) is 6.67 Å². The van der Waals surface area contributed by atoms with Crippen molar-refractivity contribution < 1.29 is 19.4 Å². The predicted molar refractivity (Wildman–Crippen MR) is 39.9 cm³/mol. The molecule has 0 aliphatic rings. The maximum absolute atomic E-state index is 12.0. The first-order valence-corrected chi connectivity index (χ1v) is 3.26. The average Bonchev–Trinajstić information content (AvgIpc) is 2.03. The van der Waals surface area contributed by atoms with Gasteiger partial charge in [0.2, 0.25) is 0 Å². The highest BCUT2D eigenvalue weighted by atomic mass is 19.1. The summed E-state index contributed by atoms with van der Waals surface area (Å²) in [5.41, 5.74) is 0.0460. The van der Waals surface area contributed by atoms with Crippen LogP contribution in [0.2, 0.25) is 0 Å². The van der Waals surface area contributed by atoms with Crippen LogP contribution >= 0.6 is 0 Å². The highest BCUT2D eigenvalue weighted by Gasteiger charge is 2.08. The monoisotopic (exact) mass is 170 g/mol. The molecule has 1 rings (SSSR count). The Bertz CT molecular complexity index is 309. The lowest BCUT2D eigenvalue weighted by atomic mass is 10.1. The Hall–Kier alpha value is -1.58. The molecule has 1 aromatic rings. The van der Waals surface area contributed by atoms with E-state index in [1.807, 2.05) is 0 Å². The summed E-state index contributed by atoms with van der Waals surface area (Å²) in [6.45, 7) is -0.715. The molecule has 3 nitrogen and oxygen atoms in total. The SMILES string of the molecule is O=C(O)c1ccc(CF)cc1O. The van der Waals surface area contributed by atoms with Crippen molar-refractivity contribution in [1.29, 1.82) is 0 Å². The molecule has 2 N–H and O–H groups in total. The number of aromatic hydroxyl groups is 1. The molecule has 0 fully saturated rings. The lowest BCUT2D eigenvalue weighted by molar-refractivity contribution is 0.0693. The van der Waals surface area contributed by atoms with Gasteiger partial charge < -0.3 is 10.2 Å². The van der Waals surface area contributed by atoms with Crippen LogP contribution in [0.15, 0.2) is 18.2 Å². The van der Waals surface area contributed by atoms with Crippen LogP contribution in [0.5, 0.6) is 5.75 Å². The van der Waals surface area contributed by atoms with E-state index in [4.69, 9.17) is 10.2 Å². The van der Waals surface area contributed by atoms with Gasteiger partial charge in [-0.05, 0) is 17.7 Å². The molecule has 0 heterocycles. The van der Waals surface area contributed by atoms with E-state index in [0.717, 1.165) is 6.07 Å². The number of benzene rings is 1. The Morgan fingerprint density at radius 3 is 2.58 bits per heavy atom. The minimum absolute atomic E-state index is 0.216. The summed E-state index contributed by atoms with van der Waals surface area (Å²) in [6, 6.07) is 3.60. The summed E-state index contributed by atoms with van der Waals surface area (Å²) < 4.78 is 12.0. The van der Waals surface area contributed by atoms with Gasteiger partial charge in [0.05, 0.1) is 0 Å². The maximum Gasteiger partial charge on any atom is 0.339 e. The highest BCUT2D eigenvalue weighted by molar-refractivity contribution is 5.90. The smallest absolute Gasteiger partial charge is 0.339 e. The first-order chi connectivity index (χ1) is 5.65. The Labute approximate surface area is 68.1 Å². The zero-order chi connectivity index (χ0) is 9.14. The predicted octanol–water partition coefficient (Wildman–Crippen LogP) is 1.56. The zero-order valence-corrected chi connectivity index (χ0v) is 6.12. The number of aromatic carboxylic acids is 1. The van der Waals surface area contributed by atoms with Crippen molar-refractivity contribution in [3.8, 4) is 5.75 Å². The normalized spacial score (nSPS) is 9.75. The second-order valence-electron chi connectivity index (χ2n) is 2.29. The number of hydrogen-bond acceptors (Lipinski definition) is 2. The van der Waals surface area contributed by atoms with Crippen LogP contribution in [0.4, 0.5) is 4.39 Å². The van der Waals surface area contributed by atoms with E-state index in [0.29, 0.717) is 0 Å². The molecule has 12 heavy (non-hydrogen) atoms. The second kappa shape index (κ2) is 3.21. The molecule has 0 aliphatic heterocycles. The third-order valence-corrected chi connectivity index (χ3v) is 1.45. The molecule has 0 aromatic heterocycles. The highest BCUT2D eigenvalue weighted by Crippen LogP contribution is 2.18. The summed E-state index contributed by atoms with van der Waals surface area (Å²) in [5.74, 6) is -1.63. The van der Waals surface area contributed by atoms with Crippen LogP contribution < -0.4 is 0 Å². The number of carboxylic acids is 1. The van der Waals surface area contributed by atoms with Crippen LogP contribution in [0, 0.1) is 0 Å². The standard InChI is InChI=1S/C8H7FO3/c9-4-5-1-2-6(8(11)12)7(10)3-5/h1-3,10H,4H2,(H,11,12). The molecule has 0 radical (unpaired) electrons. The molecule has 0 unspecified atom stereocenters. The number of carboxylic acid groups (broad SMARTS) is 1. The zero-order valence-electron chi connectivity index (χ0n) is 6.12. The van der Waals surface area contributed by atoms with E-state index in [2.05, 4.69) is 0 Å². The van der Waals surface area contributed by atoms with Crippen molar-refractivity contribution in [2.75, 3.05) is 0 Å². The van der Waals surface area contributed by atoms with Gasteiger partial charge in [0.25, 0.3) is 0 Å². The third-order valence-electron chi connectivity index (χ3n) is 1.45. The minimum Gasteiger partial charge on any atom is -0.507 e. The molecule has 0 amide bonds. The van der Waals surface area contributed by atoms with Crippen molar-refractivity contribution in [3.63, 3.8) is 0 Å². The topological polar surface area (TPSA) is 57.5 Å². The van der Waals surface area contributed by atoms with Gasteiger partial charge in [0, 0.05) is 0 Å². The van der Waals surface area contributed by atoms with E-state index >= 15 is 0 Å². The molecule has 64 valence electrons. The largest absolute Gasteiger partial charge is 0.507 e. The third kappa shape index (κ3) is 1.53. The Morgan fingerprint density at radius 1 is 1.50 bits per heavy atom. The molecule has 0 spiro atoms. The van der Waals surface area contributed by atoms with Crippen molar-refractivity contribution in [1.82, 2.24) is 0 Å². The first kappa shape index (κ1) is 8.52. The van der Waals surface area contributed by atoms with Crippen molar-refractivity contribution >= 4 is 5.97 Å². The molecular weight excluding hydrogens is 163 g/mol. The van der Waals surface area contributed by atoms with Gasteiger partial charge in [0.15, 0.2) is 0 Å². The summed E-state index contributed by atoms with van der Waals surface area (Å²) >= 11 is 0. The van der Waals surface area contributed by atoms with Crippen molar-refractivity contribution in [2.24, 2.45) is 0 Å². The maximum atomic E-state index is 12.0. The minimum atomic E-state index is -1.22. The van der Waals surface area contributed by atoms with E-state index in [-0.39, 0.29) is 11.1 Å². The Kier molecular flexibility index (Phi) is 2.28. The molecule has 0 saturated heterocycles. The number of phenols is 1. The number of hydrogen-bond donors (Lipinski definition) is 2. The molecule has 0 atom stereocenters. The fourth-order valence-electron chi connectivity index (χ4n) is 0.841. The summed E-state index contributed by atoms with van der Waals surface area (Å²) in [7, 11) is 0. The number of carbonyl (C=O) groups is 1. The fourth-order valence-corrected chi connectivity index (χ4v) is 0.841. The Balaban J connectivity index is 3.12. The quantitative estimate of drug-likeness (QED) is 0.708. The molecular formula is C8H7FO3. The van der Waals surface area contributed by atoms with Crippen LogP contribution in [0.3, 0.4) is 0 Å². The lowest BCUT2D eigenvalue weighted by Gasteiger charge is -1.99. The van der Waals surface area contributed by atoms with Crippen LogP contribution in [-0.4, -0.2) is 16.2 Å². The first-order valence-electron chi connectivity index (χ1n) is 3.26. The second-order valence-corrected chi connectivity index (χ2v) is 2.29. The van der Waals surface area contributed by atoms with Crippen molar-refractivity contribution in [3.05, 3.63) is 29.3 Å². The lowest BCUT2D eigenvalue weighted by Crippen LogP contribution is -1.96. The summed E-state index contributed by atoms with van der Waals surface area (Å²) in [4.78, 5) is 10.4. The van der Waals surface area contributed by atoms with Gasteiger partial charge in [-0.2, -0.15) is 0 Å². The van der Waals surface area contributed by atoms with E-state index < -0.39 is 18.4 Å². The average molecular weight is 170 g/mol. The number of alkyl halides is 1. The van der Waals surface area contributed by atoms with Gasteiger partial charge in [-0.1, -0.05) is 6.07 Å². The summed E-state index contributed by atoms with van der Waals surface area (Å²) in [6.07, 6.45) is 0.